The first kappa shape index (κ1) is 12.6. The Balaban J connectivity index is 0. The van der Waals surface area contributed by atoms with Gasteiger partial charge in [0.2, 0.25) is 0 Å². The van der Waals surface area contributed by atoms with Gasteiger partial charge in [-0.2, -0.15) is 6.42 Å². The van der Waals surface area contributed by atoms with Gasteiger partial charge in [-0.1, -0.05) is 32.6 Å². The molecule has 52 valence electrons. The van der Waals surface area contributed by atoms with Crippen LogP contribution in [-0.2, 0) is 17.3 Å². The normalized spacial score (nSPS) is 8.11. The molecule has 0 amide bonds. The molecular weight excluding hydrogens is 185 g/mol. The molecule has 0 bridgehead atoms. The molecule has 0 aliphatic rings. The summed E-state index contributed by atoms with van der Waals surface area (Å²) in [6.45, 7) is 5.98. The zero-order chi connectivity index (χ0) is 7.54. The molecule has 0 aliphatic carbocycles. The van der Waals surface area contributed by atoms with Crippen LogP contribution in [0.3, 0.4) is 0 Å². The van der Waals surface area contributed by atoms with E-state index in [9.17, 15) is 0 Å². The number of hydrogen-bond acceptors (Lipinski definition) is 0. The van der Waals surface area contributed by atoms with Crippen LogP contribution in [0.25, 0.3) is 0 Å². The molecule has 0 N–H and O–H groups in total. The van der Waals surface area contributed by atoms with Crippen LogP contribution in [0.4, 0.5) is 0 Å². The predicted molar refractivity (Wildman–Crippen MR) is 40.0 cm³/mol. The molecule has 0 aromatic rings. The first-order valence-electron chi connectivity index (χ1n) is 3.47. The van der Waals surface area contributed by atoms with Crippen LogP contribution in [-0.4, -0.2) is 0 Å². The molecular formula is C7H15ClZn. The Bertz CT molecular complexity index is 28.1. The van der Waals surface area contributed by atoms with Gasteiger partial charge >= 0.3 is 27.0 Å². The van der Waals surface area contributed by atoms with Gasteiger partial charge in [-0.05, 0) is 0 Å². The number of rotatable bonds is 4. The van der Waals surface area contributed by atoms with E-state index in [0.29, 0.717) is 0 Å². The van der Waals surface area contributed by atoms with Crippen molar-refractivity contribution >= 4 is 9.69 Å². The molecule has 0 saturated carbocycles. The Morgan fingerprint density at radius 1 is 1.22 bits per heavy atom. The van der Waals surface area contributed by atoms with Gasteiger partial charge in [0.1, 0.15) is 0 Å². The number of hydrogen-bond donors (Lipinski definition) is 0. The number of halogens is 1. The van der Waals surface area contributed by atoms with Crippen LogP contribution < -0.4 is 0 Å². The average molecular weight is 200 g/mol. The van der Waals surface area contributed by atoms with Crippen molar-refractivity contribution in [3.63, 3.8) is 0 Å². The van der Waals surface area contributed by atoms with E-state index in [2.05, 4.69) is 13.8 Å². The zero-order valence-corrected chi connectivity index (χ0v) is 10.1. The van der Waals surface area contributed by atoms with Gasteiger partial charge in [-0.25, -0.2) is 0 Å². The first-order chi connectivity index (χ1) is 4.41. The molecule has 0 unspecified atom stereocenters. The molecule has 0 radical (unpaired) electrons. The third-order valence-corrected chi connectivity index (χ3v) is 1.10. The van der Waals surface area contributed by atoms with E-state index in [-0.39, 0.29) is 0 Å². The molecule has 9 heavy (non-hydrogen) atoms. The minimum absolute atomic E-state index is 0.847. The van der Waals surface area contributed by atoms with Crippen molar-refractivity contribution in [1.29, 1.82) is 0 Å². The topological polar surface area (TPSA) is 0 Å². The molecule has 0 atom stereocenters. The molecule has 0 rings (SSSR count). The van der Waals surface area contributed by atoms with E-state index in [4.69, 9.17) is 9.69 Å². The van der Waals surface area contributed by atoms with E-state index in [1.54, 1.807) is 0 Å². The summed E-state index contributed by atoms with van der Waals surface area (Å²) >= 11 is 0.847. The van der Waals surface area contributed by atoms with E-state index in [1.807, 2.05) is 0 Å². The summed E-state index contributed by atoms with van der Waals surface area (Å²) in [5.41, 5.74) is 0. The van der Waals surface area contributed by atoms with Crippen LogP contribution in [0.5, 0.6) is 0 Å². The monoisotopic (exact) mass is 198 g/mol. The summed E-state index contributed by atoms with van der Waals surface area (Å²) in [7, 11) is 4.76. The Hall–Kier alpha value is 0.913. The molecule has 0 saturated heterocycles. The van der Waals surface area contributed by atoms with Gasteiger partial charge in [-0.3, -0.25) is 0 Å². The van der Waals surface area contributed by atoms with Crippen LogP contribution in [0.15, 0.2) is 0 Å². The van der Waals surface area contributed by atoms with Gasteiger partial charge in [0, 0.05) is 0 Å². The van der Waals surface area contributed by atoms with Crippen LogP contribution in [0.2, 0.25) is 0 Å². The summed E-state index contributed by atoms with van der Waals surface area (Å²) < 4.78 is 0. The molecule has 0 aromatic carbocycles. The fraction of sp³-hybridized carbons (Fsp3) is 0.857. The van der Waals surface area contributed by atoms with Crippen molar-refractivity contribution in [2.24, 2.45) is 0 Å². The fourth-order valence-electron chi connectivity index (χ4n) is 0.604. The second-order valence-corrected chi connectivity index (χ2v) is 1.91. The SMILES string of the molecule is [CH2-]CCCCCC.[Cl][Zn+]. The molecule has 2 heteroatoms. The van der Waals surface area contributed by atoms with Crippen LogP contribution in [0, 0.1) is 6.92 Å². The predicted octanol–water partition coefficient (Wildman–Crippen LogP) is 3.48. The Kier molecular flexibility index (Phi) is 22.3. The number of unbranched alkanes of at least 4 members (excludes halogenated alkanes) is 4. The standard InChI is InChI=1S/C7H15.ClH.Zn/c1-3-5-7-6-4-2;;/h1,3-7H2,2H3;1H;/q-1;;+2/p-1. The van der Waals surface area contributed by atoms with Gasteiger partial charge in [0.05, 0.1) is 0 Å². The zero-order valence-electron chi connectivity index (χ0n) is 6.33. The van der Waals surface area contributed by atoms with Crippen molar-refractivity contribution in [1.82, 2.24) is 0 Å². The van der Waals surface area contributed by atoms with E-state index < -0.39 is 0 Å². The van der Waals surface area contributed by atoms with Crippen molar-refractivity contribution in [3.05, 3.63) is 6.92 Å². The quantitative estimate of drug-likeness (QED) is 0.370. The molecule has 0 aromatic heterocycles. The third-order valence-electron chi connectivity index (χ3n) is 1.10. The maximum absolute atomic E-state index is 4.76. The molecule has 0 spiro atoms. The molecule has 0 aliphatic heterocycles. The van der Waals surface area contributed by atoms with Crippen molar-refractivity contribution in [2.75, 3.05) is 0 Å². The Labute approximate surface area is 73.1 Å². The van der Waals surface area contributed by atoms with E-state index >= 15 is 0 Å². The van der Waals surface area contributed by atoms with Crippen molar-refractivity contribution in [3.8, 4) is 0 Å². The van der Waals surface area contributed by atoms with Gasteiger partial charge in [-0.15, -0.1) is 0 Å². The van der Waals surface area contributed by atoms with Crippen LogP contribution in [0.1, 0.15) is 39.0 Å². The van der Waals surface area contributed by atoms with Crippen LogP contribution >= 0.6 is 9.69 Å². The second-order valence-electron chi connectivity index (χ2n) is 1.91. The summed E-state index contributed by atoms with van der Waals surface area (Å²) in [4.78, 5) is 0. The van der Waals surface area contributed by atoms with Crippen molar-refractivity contribution < 1.29 is 17.3 Å². The minimum atomic E-state index is 0.847. The van der Waals surface area contributed by atoms with Gasteiger partial charge in [0.25, 0.3) is 0 Å². The van der Waals surface area contributed by atoms with Gasteiger partial charge < -0.3 is 6.92 Å². The molecule has 0 nitrogen and oxygen atoms in total. The molecule has 0 fully saturated rings. The third kappa shape index (κ3) is 17.6. The summed E-state index contributed by atoms with van der Waals surface area (Å²) in [6.07, 6.45) is 6.52. The van der Waals surface area contributed by atoms with E-state index in [1.165, 1.54) is 25.7 Å². The maximum atomic E-state index is 4.76. The second kappa shape index (κ2) is 16.0. The summed E-state index contributed by atoms with van der Waals surface area (Å²) in [6, 6.07) is 0. The first-order valence-corrected chi connectivity index (χ1v) is 7.37. The Morgan fingerprint density at radius 2 is 1.78 bits per heavy atom. The van der Waals surface area contributed by atoms with E-state index in [0.717, 1.165) is 23.7 Å². The Morgan fingerprint density at radius 3 is 2.11 bits per heavy atom. The summed E-state index contributed by atoms with van der Waals surface area (Å²) in [5, 5.41) is 0. The van der Waals surface area contributed by atoms with Gasteiger partial charge in [0.15, 0.2) is 0 Å². The average Bonchev–Trinajstić information content (AvgIpc) is 1.94. The molecule has 0 heterocycles. The summed E-state index contributed by atoms with van der Waals surface area (Å²) in [5.74, 6) is 0. The van der Waals surface area contributed by atoms with Crippen molar-refractivity contribution in [2.45, 2.75) is 39.0 Å². The fourth-order valence-corrected chi connectivity index (χ4v) is 0.604.